The number of furan rings is 1. The molecule has 0 radical (unpaired) electrons. The van der Waals surface area contributed by atoms with Crippen molar-refractivity contribution in [2.24, 2.45) is 0 Å². The first-order valence-electron chi connectivity index (χ1n) is 10.9. The van der Waals surface area contributed by atoms with Crippen LogP contribution in [0.5, 0.6) is 0 Å². The molecule has 0 fully saturated rings. The van der Waals surface area contributed by atoms with Crippen LogP contribution in [0, 0.1) is 6.92 Å². The number of aromatic nitrogens is 2. The average molecular weight is 441 g/mol. The number of nitrogens with zero attached hydrogens (tertiary/aromatic N) is 3. The summed E-state index contributed by atoms with van der Waals surface area (Å²) in [5.41, 5.74) is 3.59. The van der Waals surface area contributed by atoms with E-state index in [0.29, 0.717) is 30.8 Å². The van der Waals surface area contributed by atoms with Crippen LogP contribution in [0.25, 0.3) is 0 Å². The molecule has 2 aromatic heterocycles. The summed E-state index contributed by atoms with van der Waals surface area (Å²) in [7, 11) is 0. The number of carbonyl (C=O) groups is 2. The molecule has 0 saturated carbocycles. The lowest BCUT2D eigenvalue weighted by Crippen LogP contribution is -2.50. The predicted octanol–water partition coefficient (Wildman–Crippen LogP) is 4.43. The molecule has 1 atom stereocenters. The Bertz CT molecular complexity index is 1280. The summed E-state index contributed by atoms with van der Waals surface area (Å²) in [5, 5.41) is 7.14. The molecule has 7 heteroatoms. The molecule has 3 heterocycles. The first kappa shape index (κ1) is 20.8. The first-order valence-corrected chi connectivity index (χ1v) is 10.9. The van der Waals surface area contributed by atoms with Crippen molar-refractivity contribution >= 4 is 23.2 Å². The third-order valence-corrected chi connectivity index (χ3v) is 5.84. The lowest BCUT2D eigenvalue weighted by Gasteiger charge is -2.35. The number of hydrogen-bond acceptors (Lipinski definition) is 4. The van der Waals surface area contributed by atoms with Crippen LogP contribution in [0.3, 0.4) is 0 Å². The number of fused-ring (bicyclic) bond motifs is 1. The van der Waals surface area contributed by atoms with Gasteiger partial charge in [0.2, 0.25) is 5.91 Å². The van der Waals surface area contributed by atoms with E-state index in [1.165, 1.54) is 0 Å². The molecule has 4 aromatic rings. The van der Waals surface area contributed by atoms with E-state index < -0.39 is 6.04 Å². The minimum Gasteiger partial charge on any atom is -0.454 e. The van der Waals surface area contributed by atoms with Crippen molar-refractivity contribution in [2.45, 2.75) is 32.4 Å². The van der Waals surface area contributed by atoms with Gasteiger partial charge in [0.25, 0.3) is 5.91 Å². The van der Waals surface area contributed by atoms with E-state index in [-0.39, 0.29) is 17.6 Å². The molecule has 2 aromatic carbocycles. The summed E-state index contributed by atoms with van der Waals surface area (Å²) in [6, 6.07) is 19.9. The van der Waals surface area contributed by atoms with Gasteiger partial charge in [0.1, 0.15) is 11.8 Å². The quantitative estimate of drug-likeness (QED) is 0.498. The van der Waals surface area contributed by atoms with Crippen LogP contribution in [0.4, 0.5) is 11.4 Å². The van der Waals surface area contributed by atoms with Gasteiger partial charge in [-0.3, -0.25) is 19.2 Å². The van der Waals surface area contributed by atoms with Crippen LogP contribution < -0.4 is 10.2 Å². The Hall–Kier alpha value is -4.13. The van der Waals surface area contributed by atoms with E-state index in [2.05, 4.69) is 10.4 Å². The molecule has 0 saturated heterocycles. The van der Waals surface area contributed by atoms with Crippen molar-refractivity contribution in [3.05, 3.63) is 102 Å². The number of carbonyl (C=O) groups excluding carboxylic acids is 2. The van der Waals surface area contributed by atoms with Gasteiger partial charge in [-0.25, -0.2) is 0 Å². The summed E-state index contributed by atoms with van der Waals surface area (Å²) < 4.78 is 7.59. The maximum absolute atomic E-state index is 13.6. The van der Waals surface area contributed by atoms with E-state index in [4.69, 9.17) is 4.42 Å². The predicted molar refractivity (Wildman–Crippen MR) is 125 cm³/mol. The highest BCUT2D eigenvalue weighted by Crippen LogP contribution is 2.33. The fraction of sp³-hybridized carbons (Fsp3) is 0.192. The third kappa shape index (κ3) is 4.30. The molecule has 2 amide bonds. The Morgan fingerprint density at radius 2 is 1.88 bits per heavy atom. The smallest absolute Gasteiger partial charge is 0.294 e. The molecule has 33 heavy (non-hydrogen) atoms. The molecule has 0 bridgehead atoms. The van der Waals surface area contributed by atoms with Gasteiger partial charge in [-0.1, -0.05) is 35.9 Å². The van der Waals surface area contributed by atoms with Gasteiger partial charge in [0, 0.05) is 23.8 Å². The molecule has 1 unspecified atom stereocenters. The molecule has 7 nitrogen and oxygen atoms in total. The Kier molecular flexibility index (Phi) is 5.52. The summed E-state index contributed by atoms with van der Waals surface area (Å²) in [6.45, 7) is 2.42. The summed E-state index contributed by atoms with van der Waals surface area (Å²) in [5.74, 6) is 0.262. The molecule has 166 valence electrons. The van der Waals surface area contributed by atoms with Gasteiger partial charge in [0.15, 0.2) is 5.76 Å². The van der Waals surface area contributed by atoms with Crippen molar-refractivity contribution < 1.29 is 14.0 Å². The Labute approximate surface area is 191 Å². The minimum atomic E-state index is -0.645. The highest BCUT2D eigenvalue weighted by molar-refractivity contribution is 6.11. The molecular weight excluding hydrogens is 416 g/mol. The number of rotatable bonds is 5. The lowest BCUT2D eigenvalue weighted by molar-refractivity contribution is -0.117. The standard InChI is InChI=1S/C26H24N4O3/c1-18-7-10-20(11-8-18)28-25(31)23-13-9-19-5-2-3-6-22(19)30(23)26(32)24-14-12-21(33-24)17-29-16-4-15-27-29/h2-8,10-12,14-16,23H,9,13,17H2,1H3,(H,28,31). The van der Waals surface area contributed by atoms with Crippen molar-refractivity contribution in [1.82, 2.24) is 9.78 Å². The van der Waals surface area contributed by atoms with Gasteiger partial charge < -0.3 is 9.73 Å². The molecule has 0 aliphatic carbocycles. The Morgan fingerprint density at radius 1 is 1.06 bits per heavy atom. The summed E-state index contributed by atoms with van der Waals surface area (Å²) >= 11 is 0. The van der Waals surface area contributed by atoms with E-state index in [0.717, 1.165) is 16.8 Å². The zero-order chi connectivity index (χ0) is 22.8. The molecule has 1 N–H and O–H groups in total. The second-order valence-electron chi connectivity index (χ2n) is 8.18. The molecule has 0 spiro atoms. The largest absolute Gasteiger partial charge is 0.454 e. The van der Waals surface area contributed by atoms with Crippen LogP contribution in [0.1, 0.15) is 33.9 Å². The second-order valence-corrected chi connectivity index (χ2v) is 8.18. The van der Waals surface area contributed by atoms with E-state index in [1.54, 1.807) is 27.9 Å². The van der Waals surface area contributed by atoms with E-state index >= 15 is 0 Å². The summed E-state index contributed by atoms with van der Waals surface area (Å²) in [6.07, 6.45) is 4.77. The topological polar surface area (TPSA) is 80.4 Å². The Balaban J connectivity index is 1.43. The van der Waals surface area contributed by atoms with Crippen LogP contribution in [-0.2, 0) is 17.8 Å². The number of nitrogens with one attached hydrogen (secondary N) is 1. The van der Waals surface area contributed by atoms with Crippen LogP contribution >= 0.6 is 0 Å². The second kappa shape index (κ2) is 8.78. The molecule has 1 aliphatic rings. The Morgan fingerprint density at radius 3 is 2.67 bits per heavy atom. The zero-order valence-corrected chi connectivity index (χ0v) is 18.3. The number of benzene rings is 2. The minimum absolute atomic E-state index is 0.196. The van der Waals surface area contributed by atoms with Crippen molar-refractivity contribution in [3.8, 4) is 0 Å². The van der Waals surface area contributed by atoms with E-state index in [1.807, 2.05) is 67.7 Å². The number of anilines is 2. The number of amides is 2. The number of para-hydroxylation sites is 1. The fourth-order valence-electron chi connectivity index (χ4n) is 4.16. The first-order chi connectivity index (χ1) is 16.1. The van der Waals surface area contributed by atoms with Gasteiger partial charge >= 0.3 is 0 Å². The monoisotopic (exact) mass is 440 g/mol. The summed E-state index contributed by atoms with van der Waals surface area (Å²) in [4.78, 5) is 28.5. The van der Waals surface area contributed by atoms with Crippen molar-refractivity contribution in [3.63, 3.8) is 0 Å². The third-order valence-electron chi connectivity index (χ3n) is 5.84. The maximum atomic E-state index is 13.6. The van der Waals surface area contributed by atoms with Crippen LogP contribution in [-0.4, -0.2) is 27.6 Å². The van der Waals surface area contributed by atoms with Gasteiger partial charge in [-0.2, -0.15) is 5.10 Å². The highest BCUT2D eigenvalue weighted by Gasteiger charge is 2.37. The average Bonchev–Trinajstić information content (AvgIpc) is 3.52. The fourth-order valence-corrected chi connectivity index (χ4v) is 4.16. The molecule has 1 aliphatic heterocycles. The maximum Gasteiger partial charge on any atom is 0.294 e. The SMILES string of the molecule is Cc1ccc(NC(=O)C2CCc3ccccc3N2C(=O)c2ccc(Cn3cccn3)o2)cc1. The molecular formula is C26H24N4O3. The normalized spacial score (nSPS) is 15.2. The van der Waals surface area contributed by atoms with Crippen molar-refractivity contribution in [1.29, 1.82) is 0 Å². The van der Waals surface area contributed by atoms with Crippen molar-refractivity contribution in [2.75, 3.05) is 10.2 Å². The highest BCUT2D eigenvalue weighted by atomic mass is 16.4. The van der Waals surface area contributed by atoms with Crippen LogP contribution in [0.15, 0.2) is 83.5 Å². The van der Waals surface area contributed by atoms with Gasteiger partial charge in [-0.05, 0) is 61.7 Å². The van der Waals surface area contributed by atoms with Crippen LogP contribution in [0.2, 0.25) is 0 Å². The zero-order valence-electron chi connectivity index (χ0n) is 18.3. The lowest BCUT2D eigenvalue weighted by atomic mass is 9.94. The van der Waals surface area contributed by atoms with Gasteiger partial charge in [0.05, 0.1) is 6.54 Å². The number of aryl methyl sites for hydroxylation is 2. The number of hydrogen-bond donors (Lipinski definition) is 1. The van der Waals surface area contributed by atoms with E-state index in [9.17, 15) is 9.59 Å². The van der Waals surface area contributed by atoms with Gasteiger partial charge in [-0.15, -0.1) is 0 Å². The molecule has 5 rings (SSSR count).